The van der Waals surface area contributed by atoms with Crippen LogP contribution in [0.25, 0.3) is 0 Å². The molecule has 1 aliphatic rings. The van der Waals surface area contributed by atoms with Crippen molar-refractivity contribution in [3.05, 3.63) is 12.7 Å². The average molecular weight is 283 g/mol. The van der Waals surface area contributed by atoms with Gasteiger partial charge in [-0.05, 0) is 19.8 Å². The molecule has 114 valence electrons. The maximum atomic E-state index is 11.5. The zero-order valence-corrected chi connectivity index (χ0v) is 12.2. The maximum absolute atomic E-state index is 11.5. The van der Waals surface area contributed by atoms with Gasteiger partial charge in [0.1, 0.15) is 0 Å². The molecule has 2 N–H and O–H groups in total. The van der Waals surface area contributed by atoms with Crippen LogP contribution in [-0.4, -0.2) is 55.7 Å². The summed E-state index contributed by atoms with van der Waals surface area (Å²) < 4.78 is 4.97. The third kappa shape index (κ3) is 6.06. The highest BCUT2D eigenvalue weighted by atomic mass is 16.6. The molecule has 2 amide bonds. The Balaban J connectivity index is 2.12. The van der Waals surface area contributed by atoms with E-state index in [2.05, 4.69) is 17.2 Å². The van der Waals surface area contributed by atoms with Gasteiger partial charge in [0.05, 0.1) is 6.61 Å². The minimum atomic E-state index is -0.227. The van der Waals surface area contributed by atoms with Crippen molar-refractivity contribution in [2.75, 3.05) is 32.8 Å². The first kappa shape index (κ1) is 16.5. The summed E-state index contributed by atoms with van der Waals surface area (Å²) in [7, 11) is 0. The standard InChI is InChI=1S/C14H25N3O3/c1-3-8-16-13(18)5-9-15-12-6-10-17(11-7-12)14(19)20-4-2/h3,12,15H,1,4-11H2,2H3,(H,16,18). The van der Waals surface area contributed by atoms with Crippen LogP contribution in [0, 0.1) is 0 Å². The highest BCUT2D eigenvalue weighted by molar-refractivity contribution is 5.76. The molecule has 0 aromatic heterocycles. The summed E-state index contributed by atoms with van der Waals surface area (Å²) >= 11 is 0. The van der Waals surface area contributed by atoms with Crippen molar-refractivity contribution in [3.8, 4) is 0 Å². The molecule has 1 heterocycles. The number of carbonyl (C=O) groups excluding carboxylic acids is 2. The molecule has 0 spiro atoms. The van der Waals surface area contributed by atoms with E-state index in [1.54, 1.807) is 11.0 Å². The Kier molecular flexibility index (Phi) is 7.72. The van der Waals surface area contributed by atoms with Crippen LogP contribution in [0.15, 0.2) is 12.7 Å². The minimum Gasteiger partial charge on any atom is -0.450 e. The summed E-state index contributed by atoms with van der Waals surface area (Å²) in [5.74, 6) is 0.0290. The van der Waals surface area contributed by atoms with E-state index in [-0.39, 0.29) is 12.0 Å². The van der Waals surface area contributed by atoms with Gasteiger partial charge in [-0.1, -0.05) is 6.08 Å². The van der Waals surface area contributed by atoms with Gasteiger partial charge in [-0.3, -0.25) is 4.79 Å². The fraction of sp³-hybridized carbons (Fsp3) is 0.714. The minimum absolute atomic E-state index is 0.0290. The van der Waals surface area contributed by atoms with Crippen LogP contribution >= 0.6 is 0 Å². The Morgan fingerprint density at radius 3 is 2.70 bits per heavy atom. The van der Waals surface area contributed by atoms with Gasteiger partial charge in [-0.2, -0.15) is 0 Å². The highest BCUT2D eigenvalue weighted by Crippen LogP contribution is 2.11. The molecule has 0 aliphatic carbocycles. The number of amides is 2. The van der Waals surface area contributed by atoms with Crippen LogP contribution in [0.5, 0.6) is 0 Å². The molecule has 0 atom stereocenters. The lowest BCUT2D eigenvalue weighted by atomic mass is 10.1. The van der Waals surface area contributed by atoms with E-state index < -0.39 is 0 Å². The molecule has 0 unspecified atom stereocenters. The fourth-order valence-electron chi connectivity index (χ4n) is 2.15. The summed E-state index contributed by atoms with van der Waals surface area (Å²) in [6.45, 7) is 8.36. The zero-order chi connectivity index (χ0) is 14.8. The summed E-state index contributed by atoms with van der Waals surface area (Å²) in [6, 6.07) is 0.368. The first-order chi connectivity index (χ1) is 9.67. The SMILES string of the molecule is C=CCNC(=O)CCNC1CCN(C(=O)OCC)CC1. The molecule has 0 saturated carbocycles. The van der Waals surface area contributed by atoms with Gasteiger partial charge in [-0.25, -0.2) is 4.79 Å². The van der Waals surface area contributed by atoms with Crippen molar-refractivity contribution in [1.29, 1.82) is 0 Å². The quantitative estimate of drug-likeness (QED) is 0.681. The molecular formula is C14H25N3O3. The van der Waals surface area contributed by atoms with E-state index in [0.29, 0.717) is 45.2 Å². The number of rotatable bonds is 7. The molecule has 1 fully saturated rings. The van der Waals surface area contributed by atoms with E-state index in [1.807, 2.05) is 6.92 Å². The van der Waals surface area contributed by atoms with Gasteiger partial charge >= 0.3 is 6.09 Å². The topological polar surface area (TPSA) is 70.7 Å². The molecule has 6 heteroatoms. The molecule has 1 saturated heterocycles. The number of likely N-dealkylation sites (tertiary alicyclic amines) is 1. The number of nitrogens with zero attached hydrogens (tertiary/aromatic N) is 1. The molecule has 0 aromatic carbocycles. The van der Waals surface area contributed by atoms with Crippen molar-refractivity contribution in [3.63, 3.8) is 0 Å². The second kappa shape index (κ2) is 9.36. The number of carbonyl (C=O) groups is 2. The Labute approximate surface area is 120 Å². The van der Waals surface area contributed by atoms with Crippen LogP contribution < -0.4 is 10.6 Å². The second-order valence-electron chi connectivity index (χ2n) is 4.76. The van der Waals surface area contributed by atoms with Gasteiger partial charge in [0.15, 0.2) is 0 Å². The van der Waals surface area contributed by atoms with Gasteiger partial charge in [0.25, 0.3) is 0 Å². The van der Waals surface area contributed by atoms with Gasteiger partial charge in [-0.15, -0.1) is 6.58 Å². The summed E-state index contributed by atoms with van der Waals surface area (Å²) in [5.41, 5.74) is 0. The predicted molar refractivity (Wildman–Crippen MR) is 77.4 cm³/mol. The maximum Gasteiger partial charge on any atom is 0.409 e. The monoisotopic (exact) mass is 283 g/mol. The van der Waals surface area contributed by atoms with Crippen LogP contribution in [-0.2, 0) is 9.53 Å². The van der Waals surface area contributed by atoms with Gasteiger partial charge in [0.2, 0.25) is 5.91 Å². The van der Waals surface area contributed by atoms with Crippen molar-refractivity contribution in [1.82, 2.24) is 15.5 Å². The Morgan fingerprint density at radius 1 is 1.40 bits per heavy atom. The van der Waals surface area contributed by atoms with Crippen molar-refractivity contribution in [2.45, 2.75) is 32.2 Å². The second-order valence-corrected chi connectivity index (χ2v) is 4.76. The van der Waals surface area contributed by atoms with E-state index in [9.17, 15) is 9.59 Å². The predicted octanol–water partition coefficient (Wildman–Crippen LogP) is 0.889. The van der Waals surface area contributed by atoms with Crippen LogP contribution in [0.4, 0.5) is 4.79 Å². The molecule has 0 radical (unpaired) electrons. The van der Waals surface area contributed by atoms with Crippen molar-refractivity contribution < 1.29 is 14.3 Å². The Hall–Kier alpha value is -1.56. The molecular weight excluding hydrogens is 258 g/mol. The molecule has 0 bridgehead atoms. The normalized spacial score (nSPS) is 15.8. The van der Waals surface area contributed by atoms with E-state index in [1.165, 1.54) is 0 Å². The molecule has 0 aromatic rings. The van der Waals surface area contributed by atoms with Crippen LogP contribution in [0.2, 0.25) is 0 Å². The number of nitrogens with one attached hydrogen (secondary N) is 2. The van der Waals surface area contributed by atoms with Crippen molar-refractivity contribution in [2.24, 2.45) is 0 Å². The molecule has 20 heavy (non-hydrogen) atoms. The largest absolute Gasteiger partial charge is 0.450 e. The lowest BCUT2D eigenvalue weighted by molar-refractivity contribution is -0.120. The number of hydrogen-bond donors (Lipinski definition) is 2. The van der Waals surface area contributed by atoms with Crippen molar-refractivity contribution >= 4 is 12.0 Å². The Bertz CT molecular complexity index is 326. The highest BCUT2D eigenvalue weighted by Gasteiger charge is 2.23. The number of hydrogen-bond acceptors (Lipinski definition) is 4. The molecule has 1 aliphatic heterocycles. The molecule has 6 nitrogen and oxygen atoms in total. The van der Waals surface area contributed by atoms with Gasteiger partial charge < -0.3 is 20.3 Å². The lowest BCUT2D eigenvalue weighted by Crippen LogP contribution is -2.45. The third-order valence-corrected chi connectivity index (χ3v) is 3.25. The first-order valence-electron chi connectivity index (χ1n) is 7.20. The first-order valence-corrected chi connectivity index (χ1v) is 7.20. The third-order valence-electron chi connectivity index (χ3n) is 3.25. The fourth-order valence-corrected chi connectivity index (χ4v) is 2.15. The van der Waals surface area contributed by atoms with Gasteiger partial charge in [0, 0.05) is 38.6 Å². The number of piperidine rings is 1. The Morgan fingerprint density at radius 2 is 2.10 bits per heavy atom. The summed E-state index contributed by atoms with van der Waals surface area (Å²) in [4.78, 5) is 24.7. The molecule has 1 rings (SSSR count). The van der Waals surface area contributed by atoms with Crippen LogP contribution in [0.1, 0.15) is 26.2 Å². The van der Waals surface area contributed by atoms with E-state index >= 15 is 0 Å². The number of ether oxygens (including phenoxy) is 1. The zero-order valence-electron chi connectivity index (χ0n) is 12.2. The van der Waals surface area contributed by atoms with E-state index in [0.717, 1.165) is 12.8 Å². The summed E-state index contributed by atoms with van der Waals surface area (Å²) in [5, 5.41) is 6.09. The smallest absolute Gasteiger partial charge is 0.409 e. The van der Waals surface area contributed by atoms with E-state index in [4.69, 9.17) is 4.74 Å². The average Bonchev–Trinajstić information content (AvgIpc) is 2.46. The lowest BCUT2D eigenvalue weighted by Gasteiger charge is -2.31. The van der Waals surface area contributed by atoms with Crippen LogP contribution in [0.3, 0.4) is 0 Å². The summed E-state index contributed by atoms with van der Waals surface area (Å²) in [6.07, 6.45) is 3.69.